The fourth-order valence-electron chi connectivity index (χ4n) is 3.16. The third-order valence-electron chi connectivity index (χ3n) is 4.59. The fourth-order valence-corrected chi connectivity index (χ4v) is 3.16. The van der Waals surface area contributed by atoms with E-state index >= 15 is 0 Å². The average Bonchev–Trinajstić information content (AvgIpc) is 3.25. The molecule has 7 nitrogen and oxygen atoms in total. The molecule has 26 heavy (non-hydrogen) atoms. The van der Waals surface area contributed by atoms with Gasteiger partial charge >= 0.3 is 0 Å². The van der Waals surface area contributed by atoms with Crippen LogP contribution in [0.4, 0.5) is 0 Å². The summed E-state index contributed by atoms with van der Waals surface area (Å²) in [6.45, 7) is 7.29. The Kier molecular flexibility index (Phi) is 6.09. The summed E-state index contributed by atoms with van der Waals surface area (Å²) < 4.78 is 7.58. The molecule has 2 N–H and O–H groups in total. The minimum absolute atomic E-state index is 0.542. The molecule has 1 aromatic heterocycles. The number of fused-ring (bicyclic) bond motifs is 1. The van der Waals surface area contributed by atoms with Gasteiger partial charge < -0.3 is 19.9 Å². The molecule has 1 aliphatic heterocycles. The molecule has 0 amide bonds. The van der Waals surface area contributed by atoms with E-state index in [0.29, 0.717) is 6.54 Å². The molecule has 1 aromatic carbocycles. The van der Waals surface area contributed by atoms with Gasteiger partial charge in [0.05, 0.1) is 7.11 Å². The predicted octanol–water partition coefficient (Wildman–Crippen LogP) is 1.84. The Bertz CT molecular complexity index is 767. The Balaban J connectivity index is 1.56. The van der Waals surface area contributed by atoms with Gasteiger partial charge in [0, 0.05) is 26.1 Å². The minimum Gasteiger partial charge on any atom is -0.496 e. The predicted molar refractivity (Wildman–Crippen MR) is 103 cm³/mol. The zero-order chi connectivity index (χ0) is 18.4. The quantitative estimate of drug-likeness (QED) is 0.585. The highest BCUT2D eigenvalue weighted by Crippen LogP contribution is 2.19. The van der Waals surface area contributed by atoms with E-state index in [1.807, 2.05) is 0 Å². The van der Waals surface area contributed by atoms with Crippen LogP contribution in [-0.2, 0) is 25.9 Å². The molecule has 1 aliphatic rings. The van der Waals surface area contributed by atoms with E-state index in [2.05, 4.69) is 62.4 Å². The monoisotopic (exact) mass is 356 g/mol. The molecule has 0 aliphatic carbocycles. The number of benzene rings is 1. The second-order valence-electron chi connectivity index (χ2n) is 6.46. The van der Waals surface area contributed by atoms with E-state index in [-0.39, 0.29) is 0 Å². The van der Waals surface area contributed by atoms with Crippen LogP contribution in [0.2, 0.25) is 0 Å². The number of rotatable bonds is 7. The lowest BCUT2D eigenvalue weighted by atomic mass is 10.1. The molecule has 2 heterocycles. The maximum atomic E-state index is 5.40. The van der Waals surface area contributed by atoms with Crippen molar-refractivity contribution in [2.24, 2.45) is 4.99 Å². The van der Waals surface area contributed by atoms with Crippen LogP contribution in [-0.4, -0.2) is 40.9 Å². The topological polar surface area (TPSA) is 76.4 Å². The summed E-state index contributed by atoms with van der Waals surface area (Å²) in [5, 5.41) is 15.2. The van der Waals surface area contributed by atoms with Gasteiger partial charge in [0.25, 0.3) is 0 Å². The first-order valence-corrected chi connectivity index (χ1v) is 9.28. The molecule has 2 aromatic rings. The number of methoxy groups -OCH3 is 1. The van der Waals surface area contributed by atoms with Crippen LogP contribution in [0.3, 0.4) is 0 Å². The summed E-state index contributed by atoms with van der Waals surface area (Å²) in [5.41, 5.74) is 2.39. The van der Waals surface area contributed by atoms with Crippen molar-refractivity contribution in [3.05, 3.63) is 41.0 Å². The number of aliphatic imine (C=N–C) groups is 1. The maximum Gasteiger partial charge on any atom is 0.191 e. The van der Waals surface area contributed by atoms with Gasteiger partial charge in [-0.25, -0.2) is 4.99 Å². The van der Waals surface area contributed by atoms with E-state index in [9.17, 15) is 0 Å². The average molecular weight is 356 g/mol. The largest absolute Gasteiger partial charge is 0.496 e. The smallest absolute Gasteiger partial charge is 0.191 e. The third-order valence-corrected chi connectivity index (χ3v) is 4.59. The summed E-state index contributed by atoms with van der Waals surface area (Å²) >= 11 is 0. The summed E-state index contributed by atoms with van der Waals surface area (Å²) in [6.07, 6.45) is 3.08. The van der Waals surface area contributed by atoms with Crippen molar-refractivity contribution in [2.45, 2.75) is 46.2 Å². The molecule has 0 saturated carbocycles. The van der Waals surface area contributed by atoms with Crippen LogP contribution in [0.5, 0.6) is 5.75 Å². The highest BCUT2D eigenvalue weighted by Gasteiger charge is 2.16. The van der Waals surface area contributed by atoms with Crippen molar-refractivity contribution in [2.75, 3.05) is 20.2 Å². The molecule has 140 valence electrons. The van der Waals surface area contributed by atoms with Crippen molar-refractivity contribution in [1.29, 1.82) is 0 Å². The van der Waals surface area contributed by atoms with Crippen LogP contribution in [0.1, 0.15) is 36.1 Å². The lowest BCUT2D eigenvalue weighted by Gasteiger charge is -2.12. The second kappa shape index (κ2) is 8.69. The Morgan fingerprint density at radius 1 is 1.31 bits per heavy atom. The zero-order valence-corrected chi connectivity index (χ0v) is 15.9. The Morgan fingerprint density at radius 3 is 3.00 bits per heavy atom. The molecular weight excluding hydrogens is 328 g/mol. The summed E-state index contributed by atoms with van der Waals surface area (Å²) in [4.78, 5) is 4.66. The van der Waals surface area contributed by atoms with E-state index < -0.39 is 0 Å². The number of nitrogens with one attached hydrogen (secondary N) is 2. The van der Waals surface area contributed by atoms with Crippen molar-refractivity contribution in [3.63, 3.8) is 0 Å². The van der Waals surface area contributed by atoms with Gasteiger partial charge in [-0.3, -0.25) is 0 Å². The number of guanidine groups is 1. The molecule has 0 saturated heterocycles. The van der Waals surface area contributed by atoms with Crippen LogP contribution >= 0.6 is 0 Å². The standard InChI is InChI=1S/C19H28N6O/c1-4-20-19(22-13-18-24-23-17-6-5-11-25(17)18)21-10-9-15-8-7-14(2)16(12-15)26-3/h7-8,12H,4-6,9-11,13H2,1-3H3,(H2,20,21,22). The van der Waals surface area contributed by atoms with Crippen molar-refractivity contribution >= 4 is 5.96 Å². The molecule has 7 heteroatoms. The molecule has 3 rings (SSSR count). The normalized spacial score (nSPS) is 13.6. The molecule has 0 radical (unpaired) electrons. The van der Waals surface area contributed by atoms with Gasteiger partial charge in [-0.05, 0) is 43.9 Å². The number of nitrogens with zero attached hydrogens (tertiary/aromatic N) is 4. The zero-order valence-electron chi connectivity index (χ0n) is 15.9. The van der Waals surface area contributed by atoms with Gasteiger partial charge in [-0.2, -0.15) is 0 Å². The van der Waals surface area contributed by atoms with E-state index in [1.165, 1.54) is 5.56 Å². The lowest BCUT2D eigenvalue weighted by Crippen LogP contribution is -2.38. The van der Waals surface area contributed by atoms with Crippen molar-refractivity contribution in [1.82, 2.24) is 25.4 Å². The molecule has 0 spiro atoms. The number of hydrogen-bond donors (Lipinski definition) is 2. The first-order valence-electron chi connectivity index (χ1n) is 9.28. The highest BCUT2D eigenvalue weighted by atomic mass is 16.5. The summed E-state index contributed by atoms with van der Waals surface area (Å²) in [5.74, 6) is 3.77. The second-order valence-corrected chi connectivity index (χ2v) is 6.46. The summed E-state index contributed by atoms with van der Waals surface area (Å²) in [6, 6.07) is 6.34. The van der Waals surface area contributed by atoms with E-state index in [4.69, 9.17) is 4.74 Å². The van der Waals surface area contributed by atoms with Crippen molar-refractivity contribution in [3.8, 4) is 5.75 Å². The number of aryl methyl sites for hydroxylation is 2. The molecule has 0 fully saturated rings. The first-order chi connectivity index (χ1) is 12.7. The molecule has 0 unspecified atom stereocenters. The van der Waals surface area contributed by atoms with Crippen LogP contribution in [0.15, 0.2) is 23.2 Å². The SMILES string of the molecule is CCNC(=NCc1nnc2n1CCC2)NCCc1ccc(C)c(OC)c1. The van der Waals surface area contributed by atoms with Gasteiger partial charge in [0.2, 0.25) is 0 Å². The van der Waals surface area contributed by atoms with Crippen LogP contribution in [0.25, 0.3) is 0 Å². The Labute approximate surface area is 154 Å². The number of ether oxygens (including phenoxy) is 1. The van der Waals surface area contributed by atoms with Gasteiger partial charge in [-0.15, -0.1) is 10.2 Å². The molecule has 0 atom stereocenters. The van der Waals surface area contributed by atoms with Crippen LogP contribution in [0, 0.1) is 6.92 Å². The summed E-state index contributed by atoms with van der Waals surface area (Å²) in [7, 11) is 1.71. The highest BCUT2D eigenvalue weighted by molar-refractivity contribution is 5.79. The van der Waals surface area contributed by atoms with Crippen LogP contribution < -0.4 is 15.4 Å². The fraction of sp³-hybridized carbons (Fsp3) is 0.526. The van der Waals surface area contributed by atoms with Gasteiger partial charge in [-0.1, -0.05) is 12.1 Å². The minimum atomic E-state index is 0.542. The maximum absolute atomic E-state index is 5.40. The first kappa shape index (κ1) is 18.2. The van der Waals surface area contributed by atoms with E-state index in [0.717, 1.165) is 67.8 Å². The van der Waals surface area contributed by atoms with Gasteiger partial charge in [0.1, 0.15) is 18.1 Å². The Morgan fingerprint density at radius 2 is 2.19 bits per heavy atom. The Hall–Kier alpha value is -2.57. The number of aromatic nitrogens is 3. The molecular formula is C19H28N6O. The van der Waals surface area contributed by atoms with Crippen molar-refractivity contribution < 1.29 is 4.74 Å². The lowest BCUT2D eigenvalue weighted by molar-refractivity contribution is 0.411. The van der Waals surface area contributed by atoms with E-state index in [1.54, 1.807) is 7.11 Å². The molecule has 0 bridgehead atoms. The third kappa shape index (κ3) is 4.33. The van der Waals surface area contributed by atoms with Gasteiger partial charge in [0.15, 0.2) is 11.8 Å². The number of hydrogen-bond acceptors (Lipinski definition) is 4.